The predicted octanol–water partition coefficient (Wildman–Crippen LogP) is 2.30. The molecular formula is C15H30N2O. The minimum atomic E-state index is 0.283. The van der Waals surface area contributed by atoms with Crippen LogP contribution in [-0.2, 0) is 4.74 Å². The zero-order chi connectivity index (χ0) is 13.2. The van der Waals surface area contributed by atoms with Gasteiger partial charge in [-0.25, -0.2) is 0 Å². The van der Waals surface area contributed by atoms with Crippen molar-refractivity contribution in [2.75, 3.05) is 19.7 Å². The highest BCUT2D eigenvalue weighted by Crippen LogP contribution is 2.44. The molecule has 0 aliphatic heterocycles. The molecule has 0 saturated heterocycles. The topological polar surface area (TPSA) is 47.3 Å². The molecule has 2 aliphatic rings. The Hall–Kier alpha value is -0.120. The van der Waals surface area contributed by atoms with E-state index in [-0.39, 0.29) is 5.41 Å². The van der Waals surface area contributed by atoms with Crippen LogP contribution in [0.1, 0.15) is 52.9 Å². The molecule has 0 heterocycles. The summed E-state index contributed by atoms with van der Waals surface area (Å²) in [6.45, 7) is 9.52. The van der Waals surface area contributed by atoms with E-state index in [9.17, 15) is 0 Å². The van der Waals surface area contributed by atoms with Crippen LogP contribution in [0.2, 0.25) is 0 Å². The zero-order valence-corrected chi connectivity index (χ0v) is 12.3. The third-order valence-corrected chi connectivity index (χ3v) is 5.44. The summed E-state index contributed by atoms with van der Waals surface area (Å²) in [5, 5.41) is 3.72. The normalized spacial score (nSPS) is 32.7. The molecule has 2 unspecified atom stereocenters. The van der Waals surface area contributed by atoms with E-state index in [0.717, 1.165) is 26.1 Å². The van der Waals surface area contributed by atoms with Gasteiger partial charge in [-0.15, -0.1) is 0 Å². The number of nitrogens with two attached hydrogens (primary N) is 1. The smallest absolute Gasteiger partial charge is 0.0655 e. The van der Waals surface area contributed by atoms with Crippen LogP contribution in [0.25, 0.3) is 0 Å². The fourth-order valence-electron chi connectivity index (χ4n) is 3.46. The molecule has 0 bridgehead atoms. The number of hydrogen-bond donors (Lipinski definition) is 2. The van der Waals surface area contributed by atoms with Crippen molar-refractivity contribution >= 4 is 0 Å². The van der Waals surface area contributed by atoms with Crippen LogP contribution >= 0.6 is 0 Å². The average Bonchev–Trinajstić information content (AvgIpc) is 2.30. The quantitative estimate of drug-likeness (QED) is 0.733. The van der Waals surface area contributed by atoms with Crippen molar-refractivity contribution in [3.8, 4) is 0 Å². The molecule has 3 nitrogen and oxygen atoms in total. The van der Waals surface area contributed by atoms with Crippen LogP contribution in [0.15, 0.2) is 0 Å². The fourth-order valence-corrected chi connectivity index (χ4v) is 3.46. The van der Waals surface area contributed by atoms with E-state index in [1.54, 1.807) is 0 Å². The number of ether oxygens (including phenoxy) is 1. The Balaban J connectivity index is 1.69. The maximum atomic E-state index is 5.90. The van der Waals surface area contributed by atoms with Gasteiger partial charge >= 0.3 is 0 Å². The molecule has 2 atom stereocenters. The highest BCUT2D eigenvalue weighted by Gasteiger charge is 2.48. The molecule has 0 aromatic carbocycles. The monoisotopic (exact) mass is 254 g/mol. The number of hydrogen-bond acceptors (Lipinski definition) is 3. The molecule has 0 aromatic heterocycles. The van der Waals surface area contributed by atoms with Crippen LogP contribution in [0.4, 0.5) is 0 Å². The lowest BCUT2D eigenvalue weighted by atomic mass is 9.63. The molecule has 2 fully saturated rings. The second kappa shape index (κ2) is 5.48. The maximum Gasteiger partial charge on any atom is 0.0655 e. The van der Waals surface area contributed by atoms with Gasteiger partial charge in [-0.2, -0.15) is 0 Å². The Labute approximate surface area is 112 Å². The molecule has 0 aromatic rings. The highest BCUT2D eigenvalue weighted by molar-refractivity contribution is 5.03. The van der Waals surface area contributed by atoms with E-state index in [0.29, 0.717) is 17.6 Å². The molecule has 0 amide bonds. The fraction of sp³-hybridized carbons (Fsp3) is 1.00. The summed E-state index contributed by atoms with van der Waals surface area (Å²) in [5.41, 5.74) is 6.65. The lowest BCUT2D eigenvalue weighted by Gasteiger charge is -2.52. The molecule has 3 N–H and O–H groups in total. The van der Waals surface area contributed by atoms with E-state index in [4.69, 9.17) is 10.5 Å². The molecule has 0 spiro atoms. The van der Waals surface area contributed by atoms with Crippen LogP contribution in [-0.4, -0.2) is 31.8 Å². The molecule has 2 rings (SSSR count). The van der Waals surface area contributed by atoms with Gasteiger partial charge in [0.1, 0.15) is 0 Å². The Kier molecular flexibility index (Phi) is 4.35. The van der Waals surface area contributed by atoms with Crippen LogP contribution < -0.4 is 11.1 Å². The molecule has 2 aliphatic carbocycles. The van der Waals surface area contributed by atoms with E-state index in [1.165, 1.54) is 25.7 Å². The lowest BCUT2D eigenvalue weighted by Crippen LogP contribution is -2.61. The first kappa shape index (κ1) is 14.3. The summed E-state index contributed by atoms with van der Waals surface area (Å²) in [4.78, 5) is 0. The van der Waals surface area contributed by atoms with E-state index >= 15 is 0 Å². The van der Waals surface area contributed by atoms with E-state index < -0.39 is 0 Å². The standard InChI is InChI=1S/C15H30N2O/c1-4-18-13-10-12(14(13,2)3)17-9-8-15(11-16)6-5-7-15/h12-13,17H,4-11,16H2,1-3H3. The molecule has 106 valence electrons. The van der Waals surface area contributed by atoms with Gasteiger partial charge in [-0.05, 0) is 51.1 Å². The van der Waals surface area contributed by atoms with Gasteiger partial charge in [0.25, 0.3) is 0 Å². The summed E-state index contributed by atoms with van der Waals surface area (Å²) >= 11 is 0. The lowest BCUT2D eigenvalue weighted by molar-refractivity contribution is -0.114. The first-order chi connectivity index (χ1) is 8.54. The van der Waals surface area contributed by atoms with Gasteiger partial charge in [-0.3, -0.25) is 0 Å². The van der Waals surface area contributed by atoms with Gasteiger partial charge < -0.3 is 15.8 Å². The van der Waals surface area contributed by atoms with Crippen LogP contribution in [0.5, 0.6) is 0 Å². The van der Waals surface area contributed by atoms with Crippen molar-refractivity contribution < 1.29 is 4.74 Å². The van der Waals surface area contributed by atoms with Crippen molar-refractivity contribution in [1.29, 1.82) is 0 Å². The zero-order valence-electron chi connectivity index (χ0n) is 12.3. The predicted molar refractivity (Wildman–Crippen MR) is 75.6 cm³/mol. The summed E-state index contributed by atoms with van der Waals surface area (Å²) in [5.74, 6) is 0. The van der Waals surface area contributed by atoms with Crippen LogP contribution in [0, 0.1) is 10.8 Å². The summed E-state index contributed by atoms with van der Waals surface area (Å²) in [7, 11) is 0. The molecule has 18 heavy (non-hydrogen) atoms. The first-order valence-electron chi connectivity index (χ1n) is 7.59. The van der Waals surface area contributed by atoms with E-state index in [1.807, 2.05) is 0 Å². The van der Waals surface area contributed by atoms with Crippen molar-refractivity contribution in [2.24, 2.45) is 16.6 Å². The minimum absolute atomic E-state index is 0.283. The SMILES string of the molecule is CCOC1CC(NCCC2(CN)CCC2)C1(C)C. The summed E-state index contributed by atoms with van der Waals surface area (Å²) in [6.07, 6.45) is 6.89. The Morgan fingerprint density at radius 2 is 2.06 bits per heavy atom. The van der Waals surface area contributed by atoms with Gasteiger partial charge in [0.2, 0.25) is 0 Å². The average molecular weight is 254 g/mol. The number of nitrogens with one attached hydrogen (secondary N) is 1. The van der Waals surface area contributed by atoms with Gasteiger partial charge in [0.05, 0.1) is 6.10 Å². The Morgan fingerprint density at radius 3 is 2.50 bits per heavy atom. The van der Waals surface area contributed by atoms with Gasteiger partial charge in [0.15, 0.2) is 0 Å². The summed E-state index contributed by atoms with van der Waals surface area (Å²) in [6, 6.07) is 0.615. The van der Waals surface area contributed by atoms with Crippen molar-refractivity contribution in [3.05, 3.63) is 0 Å². The van der Waals surface area contributed by atoms with Crippen molar-refractivity contribution in [1.82, 2.24) is 5.32 Å². The molecule has 2 saturated carbocycles. The third kappa shape index (κ3) is 2.59. The number of rotatable bonds is 7. The molecular weight excluding hydrogens is 224 g/mol. The van der Waals surface area contributed by atoms with Gasteiger partial charge in [-0.1, -0.05) is 20.3 Å². The highest BCUT2D eigenvalue weighted by atomic mass is 16.5. The van der Waals surface area contributed by atoms with Crippen molar-refractivity contribution in [3.63, 3.8) is 0 Å². The second-order valence-corrected chi connectivity index (χ2v) is 6.82. The van der Waals surface area contributed by atoms with Crippen molar-refractivity contribution in [2.45, 2.75) is 65.0 Å². The maximum absolute atomic E-state index is 5.90. The molecule has 0 radical (unpaired) electrons. The Morgan fingerprint density at radius 1 is 1.33 bits per heavy atom. The van der Waals surface area contributed by atoms with Crippen LogP contribution in [0.3, 0.4) is 0 Å². The first-order valence-corrected chi connectivity index (χ1v) is 7.59. The van der Waals surface area contributed by atoms with E-state index in [2.05, 4.69) is 26.1 Å². The Bertz CT molecular complexity index is 268. The third-order valence-electron chi connectivity index (χ3n) is 5.44. The summed E-state index contributed by atoms with van der Waals surface area (Å²) < 4.78 is 5.76. The minimum Gasteiger partial charge on any atom is -0.378 e. The second-order valence-electron chi connectivity index (χ2n) is 6.82. The largest absolute Gasteiger partial charge is 0.378 e. The van der Waals surface area contributed by atoms with Gasteiger partial charge in [0, 0.05) is 18.1 Å². The molecule has 3 heteroatoms.